The number of sulfonamides is 1. The number of aromatic nitrogens is 1. The predicted molar refractivity (Wildman–Crippen MR) is 147 cm³/mol. The van der Waals surface area contributed by atoms with Crippen molar-refractivity contribution in [1.82, 2.24) is 14.2 Å². The Labute approximate surface area is 227 Å². The first kappa shape index (κ1) is 27.1. The van der Waals surface area contributed by atoms with Crippen LogP contribution in [0, 0.1) is 12.3 Å². The summed E-state index contributed by atoms with van der Waals surface area (Å²) < 4.78 is 26.3. The van der Waals surface area contributed by atoms with Crippen LogP contribution in [0.15, 0.2) is 34.8 Å². The standard InChI is InChI=1S/C27H34N4O5S2/c1-16-22(37-15-28-16)17-6-8-18(9-7-17)27(4)13-20(29-25(27)34)21-12-19(32)14-30(21)24(33)23-26(2,3)10-11-31(23)38(5,35)36/h6-9,15,19,21,23,32H,10-14H2,1-5H3. The van der Waals surface area contributed by atoms with Crippen LogP contribution in [0.1, 0.15) is 51.3 Å². The number of hydrogen-bond acceptors (Lipinski definition) is 7. The number of aliphatic hydroxyl groups excluding tert-OH is 1. The van der Waals surface area contributed by atoms with Gasteiger partial charge in [0.15, 0.2) is 0 Å². The second-order valence-corrected chi connectivity index (χ2v) is 14.5. The van der Waals surface area contributed by atoms with Gasteiger partial charge in [0.2, 0.25) is 15.9 Å². The number of thiazole rings is 1. The number of amides is 2. The van der Waals surface area contributed by atoms with Crippen molar-refractivity contribution in [1.29, 1.82) is 0 Å². The van der Waals surface area contributed by atoms with E-state index in [0.717, 1.165) is 28.0 Å². The summed E-state index contributed by atoms with van der Waals surface area (Å²) in [7, 11) is -3.60. The number of carbonyl (C=O) groups excluding carboxylic acids is 2. The number of benzene rings is 1. The topological polar surface area (TPSA) is 120 Å². The van der Waals surface area contributed by atoms with E-state index < -0.39 is 39.0 Å². The fourth-order valence-corrected chi connectivity index (χ4v) is 8.11. The lowest BCUT2D eigenvalue weighted by Gasteiger charge is -2.36. The summed E-state index contributed by atoms with van der Waals surface area (Å²) in [5.41, 5.74) is 3.76. The van der Waals surface area contributed by atoms with Gasteiger partial charge in [0.05, 0.1) is 39.9 Å². The van der Waals surface area contributed by atoms with Crippen LogP contribution in [-0.2, 0) is 25.0 Å². The number of nitrogens with zero attached hydrogens (tertiary/aromatic N) is 4. The maximum Gasteiger partial charge on any atom is 0.256 e. The van der Waals surface area contributed by atoms with Crippen molar-refractivity contribution in [3.8, 4) is 10.4 Å². The lowest BCUT2D eigenvalue weighted by molar-refractivity contribution is -0.137. The summed E-state index contributed by atoms with van der Waals surface area (Å²) >= 11 is 1.57. The maximum absolute atomic E-state index is 13.9. The van der Waals surface area contributed by atoms with Crippen LogP contribution in [0.25, 0.3) is 10.4 Å². The highest BCUT2D eigenvalue weighted by Gasteiger charge is 2.54. The number of aliphatic imine (C=N–C) groups is 1. The van der Waals surface area contributed by atoms with Crippen molar-refractivity contribution in [2.75, 3.05) is 19.3 Å². The first-order chi connectivity index (χ1) is 17.7. The Hall–Kier alpha value is -2.47. The summed E-state index contributed by atoms with van der Waals surface area (Å²) in [5.74, 6) is -0.616. The largest absolute Gasteiger partial charge is 0.391 e. The molecule has 2 aromatic rings. The van der Waals surface area contributed by atoms with Crippen LogP contribution in [0.3, 0.4) is 0 Å². The molecule has 0 spiro atoms. The average Bonchev–Trinajstić information content (AvgIpc) is 3.59. The molecule has 0 radical (unpaired) electrons. The molecule has 0 saturated carbocycles. The lowest BCUT2D eigenvalue weighted by Crippen LogP contribution is -2.54. The monoisotopic (exact) mass is 558 g/mol. The van der Waals surface area contributed by atoms with Crippen LogP contribution in [0.5, 0.6) is 0 Å². The van der Waals surface area contributed by atoms with Crippen LogP contribution in [0.2, 0.25) is 0 Å². The number of rotatable bonds is 5. The minimum absolute atomic E-state index is 0.0838. The Balaban J connectivity index is 1.40. The fraction of sp³-hybridized carbons (Fsp3) is 0.556. The number of carbonyl (C=O) groups is 2. The number of likely N-dealkylation sites (tertiary alicyclic amines) is 1. The molecule has 1 aromatic carbocycles. The minimum Gasteiger partial charge on any atom is -0.391 e. The van der Waals surface area contributed by atoms with E-state index in [-0.39, 0.29) is 31.3 Å². The molecule has 4 unspecified atom stereocenters. The minimum atomic E-state index is -3.60. The Kier molecular flexibility index (Phi) is 6.65. The van der Waals surface area contributed by atoms with Gasteiger partial charge in [0, 0.05) is 31.6 Å². The van der Waals surface area contributed by atoms with Gasteiger partial charge < -0.3 is 10.0 Å². The molecule has 11 heteroatoms. The van der Waals surface area contributed by atoms with E-state index >= 15 is 0 Å². The Morgan fingerprint density at radius 3 is 2.47 bits per heavy atom. The van der Waals surface area contributed by atoms with Gasteiger partial charge in [-0.2, -0.15) is 4.31 Å². The highest BCUT2D eigenvalue weighted by molar-refractivity contribution is 7.88. The molecule has 9 nitrogen and oxygen atoms in total. The van der Waals surface area contributed by atoms with E-state index in [0.29, 0.717) is 18.6 Å². The summed E-state index contributed by atoms with van der Waals surface area (Å²) in [5, 5.41) is 10.6. The van der Waals surface area contributed by atoms with Gasteiger partial charge in [-0.25, -0.2) is 18.4 Å². The highest BCUT2D eigenvalue weighted by Crippen LogP contribution is 2.42. The zero-order valence-electron chi connectivity index (χ0n) is 22.3. The van der Waals surface area contributed by atoms with Gasteiger partial charge in [-0.15, -0.1) is 11.3 Å². The van der Waals surface area contributed by atoms with E-state index in [4.69, 9.17) is 0 Å². The molecule has 1 aromatic heterocycles. The quantitative estimate of drug-likeness (QED) is 0.603. The van der Waals surface area contributed by atoms with E-state index in [2.05, 4.69) is 9.98 Å². The Bertz CT molecular complexity index is 1420. The highest BCUT2D eigenvalue weighted by atomic mass is 32.2. The van der Waals surface area contributed by atoms with E-state index in [9.17, 15) is 23.1 Å². The van der Waals surface area contributed by atoms with Crippen molar-refractivity contribution in [3.63, 3.8) is 0 Å². The van der Waals surface area contributed by atoms with Gasteiger partial charge in [-0.1, -0.05) is 38.1 Å². The molecule has 3 aliphatic heterocycles. The van der Waals surface area contributed by atoms with E-state index in [1.165, 1.54) is 4.31 Å². The fourth-order valence-electron chi connectivity index (χ4n) is 6.12. The molecule has 5 rings (SSSR count). The Morgan fingerprint density at radius 1 is 1.18 bits per heavy atom. The first-order valence-electron chi connectivity index (χ1n) is 12.8. The molecule has 0 aliphatic carbocycles. The molecule has 4 heterocycles. The molecule has 3 aliphatic rings. The number of aliphatic hydroxyl groups is 1. The van der Waals surface area contributed by atoms with Crippen molar-refractivity contribution in [2.24, 2.45) is 10.4 Å². The van der Waals surface area contributed by atoms with Gasteiger partial charge in [-0.3, -0.25) is 9.59 Å². The number of hydrogen-bond donors (Lipinski definition) is 1. The molecule has 4 atom stereocenters. The normalized spacial score (nSPS) is 29.7. The second kappa shape index (κ2) is 9.32. The van der Waals surface area contributed by atoms with Crippen LogP contribution in [0.4, 0.5) is 0 Å². The third kappa shape index (κ3) is 4.53. The predicted octanol–water partition coefficient (Wildman–Crippen LogP) is 2.77. The summed E-state index contributed by atoms with van der Waals surface area (Å²) in [6, 6.07) is 6.45. The van der Waals surface area contributed by atoms with Gasteiger partial charge in [0.1, 0.15) is 6.04 Å². The van der Waals surface area contributed by atoms with E-state index in [1.54, 1.807) is 16.2 Å². The maximum atomic E-state index is 13.9. The van der Waals surface area contributed by atoms with Gasteiger partial charge >= 0.3 is 0 Å². The number of aryl methyl sites for hydroxylation is 1. The van der Waals surface area contributed by atoms with Crippen molar-refractivity contribution < 1.29 is 23.1 Å². The molecule has 2 amide bonds. The van der Waals surface area contributed by atoms with Gasteiger partial charge in [-0.05, 0) is 36.8 Å². The smallest absolute Gasteiger partial charge is 0.256 e. The van der Waals surface area contributed by atoms with Crippen molar-refractivity contribution in [2.45, 2.75) is 70.6 Å². The van der Waals surface area contributed by atoms with Crippen molar-refractivity contribution in [3.05, 3.63) is 41.0 Å². The lowest BCUT2D eigenvalue weighted by atomic mass is 9.78. The third-order valence-electron chi connectivity index (χ3n) is 8.39. The van der Waals surface area contributed by atoms with Crippen LogP contribution < -0.4 is 0 Å². The molecule has 1 N–H and O–H groups in total. The molecule has 38 heavy (non-hydrogen) atoms. The zero-order chi connectivity index (χ0) is 27.6. The van der Waals surface area contributed by atoms with Crippen LogP contribution >= 0.6 is 11.3 Å². The number of β-amino-alcohol motifs (C(OH)–C–C–N with tert-alkyl or cyclic N) is 1. The summed E-state index contributed by atoms with van der Waals surface area (Å²) in [4.78, 5) is 38.5. The second-order valence-electron chi connectivity index (χ2n) is 11.7. The van der Waals surface area contributed by atoms with Gasteiger partial charge in [0.25, 0.3) is 5.91 Å². The van der Waals surface area contributed by atoms with E-state index in [1.807, 2.05) is 57.5 Å². The average molecular weight is 559 g/mol. The molecular weight excluding hydrogens is 524 g/mol. The molecular formula is C27H34N4O5S2. The molecule has 0 bridgehead atoms. The molecule has 204 valence electrons. The zero-order valence-corrected chi connectivity index (χ0v) is 24.0. The summed E-state index contributed by atoms with van der Waals surface area (Å²) in [6.07, 6.45) is 1.51. The molecule has 2 fully saturated rings. The SMILES string of the molecule is Cc1ncsc1-c1ccc(C2(C)CC(C3CC(O)CN3C(=O)C3N(S(C)(=O)=O)CCC3(C)C)=NC2=O)cc1. The van der Waals surface area contributed by atoms with Crippen molar-refractivity contribution >= 4 is 38.9 Å². The summed E-state index contributed by atoms with van der Waals surface area (Å²) in [6.45, 7) is 7.98. The Morgan fingerprint density at radius 2 is 1.87 bits per heavy atom. The first-order valence-corrected chi connectivity index (χ1v) is 15.5. The van der Waals surface area contributed by atoms with Crippen LogP contribution in [-0.4, -0.2) is 82.8 Å². The third-order valence-corrected chi connectivity index (χ3v) is 10.6. The molecule has 2 saturated heterocycles.